The van der Waals surface area contributed by atoms with Crippen LogP contribution < -0.4 is 5.32 Å². The average Bonchev–Trinajstić information content (AvgIpc) is 3.07. The van der Waals surface area contributed by atoms with Crippen LogP contribution in [-0.4, -0.2) is 33.1 Å². The molecule has 0 bridgehead atoms. The third kappa shape index (κ3) is 5.52. The second-order valence-electron chi connectivity index (χ2n) is 8.47. The number of fused-ring (bicyclic) bond motifs is 1. The SMILES string of the molecule is CC1=C(CC(=O)NCCc2ccc(O)c(O)c2)c2cc(F)ccc2C1=Cc1ccc(S(C)=O)cc1. The lowest BCUT2D eigenvalue weighted by Gasteiger charge is -2.09. The van der Waals surface area contributed by atoms with E-state index in [1.54, 1.807) is 18.4 Å². The average molecular weight is 492 g/mol. The Morgan fingerprint density at radius 2 is 1.74 bits per heavy atom. The van der Waals surface area contributed by atoms with Crippen molar-refractivity contribution in [3.8, 4) is 11.5 Å². The first kappa shape index (κ1) is 24.4. The van der Waals surface area contributed by atoms with Crippen LogP contribution in [0.15, 0.2) is 71.1 Å². The molecule has 3 aromatic carbocycles. The van der Waals surface area contributed by atoms with E-state index >= 15 is 0 Å². The second kappa shape index (κ2) is 10.3. The highest BCUT2D eigenvalue weighted by Crippen LogP contribution is 2.43. The normalized spacial score (nSPS) is 14.8. The Hall–Kier alpha value is -3.71. The molecular weight excluding hydrogens is 465 g/mol. The van der Waals surface area contributed by atoms with Gasteiger partial charge in [0.25, 0.3) is 0 Å². The van der Waals surface area contributed by atoms with Crippen molar-refractivity contribution < 1.29 is 23.6 Å². The van der Waals surface area contributed by atoms with Crippen molar-refractivity contribution in [2.45, 2.75) is 24.7 Å². The van der Waals surface area contributed by atoms with Crippen LogP contribution in [0.1, 0.15) is 35.6 Å². The van der Waals surface area contributed by atoms with Crippen molar-refractivity contribution in [3.63, 3.8) is 0 Å². The molecule has 0 saturated heterocycles. The van der Waals surface area contributed by atoms with E-state index < -0.39 is 10.8 Å². The van der Waals surface area contributed by atoms with Crippen molar-refractivity contribution in [3.05, 3.63) is 94.3 Å². The highest BCUT2D eigenvalue weighted by atomic mass is 32.2. The van der Waals surface area contributed by atoms with E-state index in [-0.39, 0.29) is 29.6 Å². The first-order chi connectivity index (χ1) is 16.7. The Bertz CT molecular complexity index is 1380. The number of hydrogen-bond acceptors (Lipinski definition) is 4. The van der Waals surface area contributed by atoms with Crippen LogP contribution in [0.3, 0.4) is 0 Å². The molecule has 0 spiro atoms. The molecule has 0 saturated carbocycles. The van der Waals surface area contributed by atoms with Crippen LogP contribution in [0, 0.1) is 5.82 Å². The van der Waals surface area contributed by atoms with Crippen LogP contribution in [-0.2, 0) is 22.0 Å². The van der Waals surface area contributed by atoms with Gasteiger partial charge in [0.1, 0.15) is 5.82 Å². The van der Waals surface area contributed by atoms with E-state index in [1.807, 2.05) is 37.3 Å². The fraction of sp³-hybridized carbons (Fsp3) is 0.179. The zero-order valence-corrected chi connectivity index (χ0v) is 20.3. The van der Waals surface area contributed by atoms with Gasteiger partial charge in [0.05, 0.1) is 6.42 Å². The van der Waals surface area contributed by atoms with Gasteiger partial charge in [-0.15, -0.1) is 0 Å². The summed E-state index contributed by atoms with van der Waals surface area (Å²) in [5, 5.41) is 21.9. The van der Waals surface area contributed by atoms with Crippen LogP contribution in [0.25, 0.3) is 17.2 Å². The maximum atomic E-state index is 14.1. The summed E-state index contributed by atoms with van der Waals surface area (Å²) < 4.78 is 25.8. The first-order valence-electron chi connectivity index (χ1n) is 11.2. The Morgan fingerprint density at radius 1 is 1.00 bits per heavy atom. The highest BCUT2D eigenvalue weighted by Gasteiger charge is 2.25. The fourth-order valence-corrected chi connectivity index (χ4v) is 4.72. The van der Waals surface area contributed by atoms with Gasteiger partial charge < -0.3 is 15.5 Å². The standard InChI is InChI=1S/C28H26FNO4S/c1-17-23(13-18-3-7-21(8-4-18)35(2)34)22-9-6-20(29)15-25(22)24(17)16-28(33)30-12-11-19-5-10-26(31)27(32)14-19/h3-10,13-15,31-32H,11-12,16H2,1-2H3,(H,30,33). The number of phenols is 2. The third-order valence-corrected chi connectivity index (χ3v) is 7.03. The summed E-state index contributed by atoms with van der Waals surface area (Å²) in [6.45, 7) is 2.29. The summed E-state index contributed by atoms with van der Waals surface area (Å²) in [5.74, 6) is -0.935. The molecule has 5 nitrogen and oxygen atoms in total. The van der Waals surface area contributed by atoms with Crippen LogP contribution >= 0.6 is 0 Å². The molecule has 35 heavy (non-hydrogen) atoms. The second-order valence-corrected chi connectivity index (χ2v) is 9.85. The number of aromatic hydroxyl groups is 2. The molecule has 0 radical (unpaired) electrons. The number of carbonyl (C=O) groups is 1. The molecule has 1 aliphatic rings. The minimum absolute atomic E-state index is 0.105. The van der Waals surface area contributed by atoms with E-state index in [9.17, 15) is 23.6 Å². The first-order valence-corrected chi connectivity index (χ1v) is 12.7. The summed E-state index contributed by atoms with van der Waals surface area (Å²) in [5.41, 5.74) is 5.89. The van der Waals surface area contributed by atoms with Gasteiger partial charge >= 0.3 is 0 Å². The van der Waals surface area contributed by atoms with Gasteiger partial charge in [-0.05, 0) is 94.8 Å². The maximum Gasteiger partial charge on any atom is 0.224 e. The number of allylic oxidation sites excluding steroid dienone is 2. The Morgan fingerprint density at radius 3 is 2.43 bits per heavy atom. The number of halogens is 1. The molecule has 4 rings (SSSR count). The van der Waals surface area contributed by atoms with Gasteiger partial charge in [-0.1, -0.05) is 24.3 Å². The topological polar surface area (TPSA) is 86.6 Å². The molecule has 3 N–H and O–H groups in total. The number of hydrogen-bond donors (Lipinski definition) is 3. The lowest BCUT2D eigenvalue weighted by molar-refractivity contribution is -0.120. The van der Waals surface area contributed by atoms with Crippen molar-refractivity contribution in [1.82, 2.24) is 5.32 Å². The third-order valence-electron chi connectivity index (χ3n) is 6.09. The van der Waals surface area contributed by atoms with Gasteiger partial charge in [0.2, 0.25) is 5.91 Å². The van der Waals surface area contributed by atoms with E-state index in [0.29, 0.717) is 18.5 Å². The molecule has 0 aromatic heterocycles. The van der Waals surface area contributed by atoms with E-state index in [0.717, 1.165) is 38.3 Å². The number of benzene rings is 3. The summed E-state index contributed by atoms with van der Waals surface area (Å²) in [4.78, 5) is 13.5. The molecule has 0 heterocycles. The van der Waals surface area contributed by atoms with Gasteiger partial charge in [-0.3, -0.25) is 9.00 Å². The zero-order valence-electron chi connectivity index (χ0n) is 19.5. The Labute approximate surface area is 206 Å². The Kier molecular flexibility index (Phi) is 7.17. The van der Waals surface area contributed by atoms with E-state index in [2.05, 4.69) is 5.32 Å². The van der Waals surface area contributed by atoms with Gasteiger partial charge in [-0.2, -0.15) is 0 Å². The van der Waals surface area contributed by atoms with Gasteiger partial charge in [0.15, 0.2) is 11.5 Å². The molecular formula is C28H26FNO4S. The predicted molar refractivity (Wildman–Crippen MR) is 137 cm³/mol. The monoisotopic (exact) mass is 491 g/mol. The quantitative estimate of drug-likeness (QED) is 0.404. The number of phenolic OH excluding ortho intramolecular Hbond substituents is 2. The van der Waals surface area contributed by atoms with E-state index in [1.165, 1.54) is 24.3 Å². The van der Waals surface area contributed by atoms with Crippen molar-refractivity contribution in [2.75, 3.05) is 12.8 Å². The van der Waals surface area contributed by atoms with E-state index in [4.69, 9.17) is 0 Å². The molecule has 1 atom stereocenters. The molecule has 7 heteroatoms. The number of rotatable bonds is 7. The molecule has 1 amide bonds. The van der Waals surface area contributed by atoms with Crippen LogP contribution in [0.2, 0.25) is 0 Å². The van der Waals surface area contributed by atoms with Gasteiger partial charge in [0, 0.05) is 28.5 Å². The van der Waals surface area contributed by atoms with Crippen molar-refractivity contribution in [1.29, 1.82) is 0 Å². The molecule has 0 fully saturated rings. The predicted octanol–water partition coefficient (Wildman–Crippen LogP) is 5.05. The summed E-state index contributed by atoms with van der Waals surface area (Å²) in [6.07, 6.45) is 4.23. The fourth-order valence-electron chi connectivity index (χ4n) is 4.20. The number of carbonyl (C=O) groups excluding carboxylic acids is 1. The van der Waals surface area contributed by atoms with Crippen molar-refractivity contribution >= 4 is 33.9 Å². The minimum Gasteiger partial charge on any atom is -0.504 e. The number of amides is 1. The van der Waals surface area contributed by atoms with Crippen molar-refractivity contribution in [2.24, 2.45) is 0 Å². The largest absolute Gasteiger partial charge is 0.504 e. The minimum atomic E-state index is -1.06. The molecule has 3 aromatic rings. The van der Waals surface area contributed by atoms with Crippen LogP contribution in [0.4, 0.5) is 4.39 Å². The highest BCUT2D eigenvalue weighted by molar-refractivity contribution is 7.84. The lowest BCUT2D eigenvalue weighted by atomic mass is 10.0. The molecule has 1 aliphatic carbocycles. The summed E-state index contributed by atoms with van der Waals surface area (Å²) in [6, 6.07) is 16.6. The molecule has 1 unspecified atom stereocenters. The summed E-state index contributed by atoms with van der Waals surface area (Å²) >= 11 is 0. The molecule has 0 aliphatic heterocycles. The van der Waals surface area contributed by atoms with Crippen LogP contribution in [0.5, 0.6) is 11.5 Å². The smallest absolute Gasteiger partial charge is 0.224 e. The maximum absolute atomic E-state index is 14.1. The zero-order chi connectivity index (χ0) is 25.1. The summed E-state index contributed by atoms with van der Waals surface area (Å²) in [7, 11) is -1.06. The molecule has 180 valence electrons. The lowest BCUT2D eigenvalue weighted by Crippen LogP contribution is -2.25. The number of nitrogens with one attached hydrogen (secondary N) is 1. The Balaban J connectivity index is 1.53. The van der Waals surface area contributed by atoms with Gasteiger partial charge in [-0.25, -0.2) is 4.39 Å².